The quantitative estimate of drug-likeness (QED) is 0.533. The third-order valence-electron chi connectivity index (χ3n) is 4.23. The number of amides is 1. The highest BCUT2D eigenvalue weighted by molar-refractivity contribution is 7.91. The molecule has 2 aromatic carbocycles. The molecule has 7 nitrogen and oxygen atoms in total. The van der Waals surface area contributed by atoms with Crippen LogP contribution in [0.5, 0.6) is 5.75 Å². The molecule has 0 aliphatic heterocycles. The number of nitrogens with one attached hydrogen (secondary N) is 1. The van der Waals surface area contributed by atoms with Crippen molar-refractivity contribution < 1.29 is 22.7 Å². The number of rotatable bonds is 8. The molecular weight excluding hydrogens is 424 g/mol. The van der Waals surface area contributed by atoms with Gasteiger partial charge in [0, 0.05) is 22.1 Å². The molecule has 0 saturated carbocycles. The minimum atomic E-state index is -3.80. The molecule has 3 aromatic rings. The largest absolute Gasteiger partial charge is 0.496 e. The first kappa shape index (κ1) is 21.7. The number of benzene rings is 2. The van der Waals surface area contributed by atoms with Gasteiger partial charge in [0.15, 0.2) is 20.8 Å². The van der Waals surface area contributed by atoms with Gasteiger partial charge in [0.2, 0.25) is 5.91 Å². The highest BCUT2D eigenvalue weighted by atomic mass is 32.2. The molecule has 1 aromatic heterocycles. The van der Waals surface area contributed by atoms with E-state index in [1.807, 2.05) is 30.3 Å². The molecule has 1 amide bonds. The van der Waals surface area contributed by atoms with Crippen molar-refractivity contribution >= 4 is 38.0 Å². The maximum atomic E-state index is 12.6. The van der Waals surface area contributed by atoms with Gasteiger partial charge in [-0.1, -0.05) is 30.3 Å². The maximum Gasteiger partial charge on any atom is 0.241 e. The molecule has 1 N–H and O–H groups in total. The van der Waals surface area contributed by atoms with E-state index in [-0.39, 0.29) is 5.78 Å². The average Bonchev–Trinajstić information content (AvgIpc) is 3.16. The monoisotopic (exact) mass is 444 g/mol. The molecule has 156 valence electrons. The molecule has 0 spiro atoms. The Morgan fingerprint density at radius 1 is 1.13 bits per heavy atom. The molecule has 0 bridgehead atoms. The topological polar surface area (TPSA) is 102 Å². The molecule has 0 atom stereocenters. The molecule has 3 rings (SSSR count). The van der Waals surface area contributed by atoms with Crippen molar-refractivity contribution in [2.45, 2.75) is 12.7 Å². The lowest BCUT2D eigenvalue weighted by molar-refractivity contribution is -0.113. The van der Waals surface area contributed by atoms with E-state index in [9.17, 15) is 18.0 Å². The van der Waals surface area contributed by atoms with Crippen LogP contribution in [0.4, 0.5) is 5.13 Å². The van der Waals surface area contributed by atoms with Crippen molar-refractivity contribution in [1.29, 1.82) is 0 Å². The van der Waals surface area contributed by atoms with E-state index in [0.717, 1.165) is 5.56 Å². The van der Waals surface area contributed by atoms with Gasteiger partial charge in [-0.3, -0.25) is 9.59 Å². The Bertz CT molecular complexity index is 1170. The summed E-state index contributed by atoms with van der Waals surface area (Å²) in [6.07, 6.45) is 0. The zero-order valence-corrected chi connectivity index (χ0v) is 18.0. The Kier molecular flexibility index (Phi) is 6.63. The summed E-state index contributed by atoms with van der Waals surface area (Å²) in [5, 5.41) is 4.65. The second-order valence-corrected chi connectivity index (χ2v) is 9.49. The van der Waals surface area contributed by atoms with E-state index in [0.29, 0.717) is 27.7 Å². The Labute approximate surface area is 178 Å². The molecule has 0 aliphatic carbocycles. The van der Waals surface area contributed by atoms with E-state index in [1.54, 1.807) is 17.5 Å². The van der Waals surface area contributed by atoms with Crippen molar-refractivity contribution in [2.75, 3.05) is 18.2 Å². The summed E-state index contributed by atoms with van der Waals surface area (Å²) in [6, 6.07) is 14.0. The normalized spacial score (nSPS) is 11.1. The number of thiazole rings is 1. The smallest absolute Gasteiger partial charge is 0.241 e. The van der Waals surface area contributed by atoms with Crippen LogP contribution in [-0.2, 0) is 20.4 Å². The zero-order chi connectivity index (χ0) is 21.7. The molecule has 30 heavy (non-hydrogen) atoms. The van der Waals surface area contributed by atoms with Crippen molar-refractivity contribution in [3.63, 3.8) is 0 Å². The van der Waals surface area contributed by atoms with Crippen LogP contribution in [0.15, 0.2) is 53.9 Å². The molecule has 0 unspecified atom stereocenters. The predicted octanol–water partition coefficient (Wildman–Crippen LogP) is 3.57. The lowest BCUT2D eigenvalue weighted by Crippen LogP contribution is -2.24. The lowest BCUT2D eigenvalue weighted by atomic mass is 10.1. The van der Waals surface area contributed by atoms with Gasteiger partial charge >= 0.3 is 0 Å². The second kappa shape index (κ2) is 9.19. The zero-order valence-electron chi connectivity index (χ0n) is 16.4. The van der Waals surface area contributed by atoms with Gasteiger partial charge < -0.3 is 10.1 Å². The van der Waals surface area contributed by atoms with Crippen molar-refractivity contribution in [2.24, 2.45) is 0 Å². The van der Waals surface area contributed by atoms with Gasteiger partial charge in [-0.05, 0) is 25.1 Å². The van der Waals surface area contributed by atoms with E-state index >= 15 is 0 Å². The van der Waals surface area contributed by atoms with Crippen LogP contribution >= 0.6 is 11.3 Å². The van der Waals surface area contributed by atoms with Crippen molar-refractivity contribution in [1.82, 2.24) is 4.98 Å². The van der Waals surface area contributed by atoms with E-state index in [1.165, 1.54) is 31.4 Å². The number of methoxy groups -OCH3 is 1. The third kappa shape index (κ3) is 5.52. The fourth-order valence-corrected chi connectivity index (χ4v) is 4.84. The summed E-state index contributed by atoms with van der Waals surface area (Å²) < 4.78 is 30.3. The molecule has 0 aliphatic rings. The number of carbonyl (C=O) groups is 2. The van der Waals surface area contributed by atoms with Crippen LogP contribution in [0.25, 0.3) is 11.3 Å². The molecule has 9 heteroatoms. The molecular formula is C21H20N2O5S2. The van der Waals surface area contributed by atoms with Gasteiger partial charge in [-0.15, -0.1) is 11.3 Å². The second-order valence-electron chi connectivity index (χ2n) is 6.57. The number of hydrogen-bond donors (Lipinski definition) is 1. The van der Waals surface area contributed by atoms with Crippen molar-refractivity contribution in [3.05, 3.63) is 65.0 Å². The fourth-order valence-electron chi connectivity index (χ4n) is 2.83. The minimum absolute atomic E-state index is 0.188. The van der Waals surface area contributed by atoms with Gasteiger partial charge in [-0.2, -0.15) is 0 Å². The summed E-state index contributed by atoms with van der Waals surface area (Å²) in [6.45, 7) is 1.39. The number of Topliss-reactive ketones (excluding diaryl/α,β-unsaturated/α-hetero) is 1. The fraction of sp³-hybridized carbons (Fsp3) is 0.190. The molecule has 0 saturated heterocycles. The van der Waals surface area contributed by atoms with Crippen LogP contribution in [-0.4, -0.2) is 38.0 Å². The summed E-state index contributed by atoms with van der Waals surface area (Å²) in [4.78, 5) is 28.2. The Balaban J connectivity index is 1.69. The summed E-state index contributed by atoms with van der Waals surface area (Å²) >= 11 is 1.22. The third-order valence-corrected chi connectivity index (χ3v) is 6.44. The summed E-state index contributed by atoms with van der Waals surface area (Å²) in [5.74, 6) is -1.65. The van der Waals surface area contributed by atoms with Crippen molar-refractivity contribution in [3.8, 4) is 17.0 Å². The van der Waals surface area contributed by atoms with Crippen LogP contribution in [0.3, 0.4) is 0 Å². The first-order valence-corrected chi connectivity index (χ1v) is 11.7. The number of aromatic nitrogens is 1. The number of ether oxygens (including phenoxy) is 1. The Hall–Kier alpha value is -3.04. The first-order chi connectivity index (χ1) is 14.3. The maximum absolute atomic E-state index is 12.6. The van der Waals surface area contributed by atoms with Gasteiger partial charge in [0.05, 0.1) is 18.6 Å². The number of nitrogens with zero attached hydrogens (tertiary/aromatic N) is 1. The van der Waals surface area contributed by atoms with Crippen LogP contribution < -0.4 is 10.1 Å². The Morgan fingerprint density at radius 2 is 1.87 bits per heavy atom. The molecule has 1 heterocycles. The highest BCUT2D eigenvalue weighted by Gasteiger charge is 2.21. The minimum Gasteiger partial charge on any atom is -0.496 e. The number of hydrogen-bond acceptors (Lipinski definition) is 7. The summed E-state index contributed by atoms with van der Waals surface area (Å²) in [5.41, 5.74) is 2.31. The standard InChI is InChI=1S/C21H20N2O5S2/c1-14(24)16-8-9-19(28-2)17(10-16)12-30(26,27)13-20(25)23-21-22-18(11-29-21)15-6-4-3-5-7-15/h3-11H,12-13H2,1-2H3,(H,22,23,25). The average molecular weight is 445 g/mol. The van der Waals surface area contributed by atoms with Gasteiger partial charge in [0.1, 0.15) is 11.5 Å². The predicted molar refractivity (Wildman–Crippen MR) is 117 cm³/mol. The van der Waals surface area contributed by atoms with Gasteiger partial charge in [0.25, 0.3) is 0 Å². The molecule has 0 radical (unpaired) electrons. The van der Waals surface area contributed by atoms with E-state index in [4.69, 9.17) is 4.74 Å². The first-order valence-electron chi connectivity index (χ1n) is 8.96. The molecule has 0 fully saturated rings. The van der Waals surface area contributed by atoms with E-state index in [2.05, 4.69) is 10.3 Å². The number of anilines is 1. The van der Waals surface area contributed by atoms with Crippen LogP contribution in [0.1, 0.15) is 22.8 Å². The van der Waals surface area contributed by atoms with Crippen LogP contribution in [0, 0.1) is 0 Å². The Morgan fingerprint density at radius 3 is 2.53 bits per heavy atom. The number of carbonyl (C=O) groups excluding carboxylic acids is 2. The van der Waals surface area contributed by atoms with E-state index < -0.39 is 27.3 Å². The lowest BCUT2D eigenvalue weighted by Gasteiger charge is -2.10. The van der Waals surface area contributed by atoms with Crippen LogP contribution in [0.2, 0.25) is 0 Å². The van der Waals surface area contributed by atoms with Gasteiger partial charge in [-0.25, -0.2) is 13.4 Å². The summed E-state index contributed by atoms with van der Waals surface area (Å²) in [7, 11) is -2.39. The number of ketones is 1. The SMILES string of the molecule is COc1ccc(C(C)=O)cc1CS(=O)(=O)CC(=O)Nc1nc(-c2ccccc2)cs1. The highest BCUT2D eigenvalue weighted by Crippen LogP contribution is 2.25. The number of sulfone groups is 1.